The van der Waals surface area contributed by atoms with Crippen LogP contribution in [0.15, 0.2) is 109 Å². The third-order valence-electron chi connectivity index (χ3n) is 6.86. The second-order valence-corrected chi connectivity index (χ2v) is 9.64. The van der Waals surface area contributed by atoms with Crippen molar-refractivity contribution in [2.24, 2.45) is 0 Å². The predicted octanol–water partition coefficient (Wildman–Crippen LogP) is 6.85. The molecule has 0 unspecified atom stereocenters. The number of nitrogens with zero attached hydrogens (tertiary/aromatic N) is 4. The molecule has 7 heteroatoms. The third-order valence-corrected chi connectivity index (χ3v) is 7.17. The largest absolute Gasteiger partial charge is 0.457 e. The number of pyridine rings is 2. The van der Waals surface area contributed by atoms with Crippen molar-refractivity contribution in [3.63, 3.8) is 0 Å². The first-order valence-corrected chi connectivity index (χ1v) is 12.9. The topological polar surface area (TPSA) is 55.2 Å². The van der Waals surface area contributed by atoms with Crippen molar-refractivity contribution in [1.82, 2.24) is 19.9 Å². The summed E-state index contributed by atoms with van der Waals surface area (Å²) in [5.74, 6) is 2.46. The summed E-state index contributed by atoms with van der Waals surface area (Å²) in [6, 6.07) is 31.8. The highest BCUT2D eigenvalue weighted by atomic mass is 32.1. The quantitative estimate of drug-likeness (QED) is 0.249. The van der Waals surface area contributed by atoms with Gasteiger partial charge in [-0.1, -0.05) is 30.3 Å². The first kappa shape index (κ1) is 23.9. The summed E-state index contributed by atoms with van der Waals surface area (Å²) >= 11 is 5.93. The summed E-state index contributed by atoms with van der Waals surface area (Å²) < 4.78 is 8.22. The zero-order valence-corrected chi connectivity index (χ0v) is 22.0. The Morgan fingerprint density at radius 2 is 1.47 bits per heavy atom. The lowest BCUT2D eigenvalue weighted by molar-refractivity contribution is 0.482. The molecular formula is C31H27N5OS. The number of aromatic nitrogens is 3. The molecule has 2 aromatic carbocycles. The van der Waals surface area contributed by atoms with Gasteiger partial charge in [0.25, 0.3) is 0 Å². The zero-order valence-electron chi connectivity index (χ0n) is 21.2. The fourth-order valence-corrected chi connectivity index (χ4v) is 5.52. The number of anilines is 1. The van der Waals surface area contributed by atoms with E-state index in [1.54, 1.807) is 0 Å². The molecule has 1 aliphatic heterocycles. The van der Waals surface area contributed by atoms with Gasteiger partial charge in [0.05, 0.1) is 17.8 Å². The van der Waals surface area contributed by atoms with E-state index in [9.17, 15) is 0 Å². The van der Waals surface area contributed by atoms with E-state index in [0.717, 1.165) is 40.1 Å². The van der Waals surface area contributed by atoms with Crippen molar-refractivity contribution in [2.45, 2.75) is 25.9 Å². The molecule has 3 aromatic heterocycles. The highest BCUT2D eigenvalue weighted by molar-refractivity contribution is 7.80. The van der Waals surface area contributed by atoms with Gasteiger partial charge in [-0.3, -0.25) is 4.98 Å². The molecule has 5 aromatic rings. The normalized spacial score (nSPS) is 16.9. The first-order valence-electron chi connectivity index (χ1n) is 12.5. The molecule has 1 N–H and O–H groups in total. The van der Waals surface area contributed by atoms with Gasteiger partial charge in [0.15, 0.2) is 5.11 Å². The number of hydrogen-bond donors (Lipinski definition) is 1. The molecular weight excluding hydrogens is 490 g/mol. The summed E-state index contributed by atoms with van der Waals surface area (Å²) in [5, 5.41) is 4.21. The minimum Gasteiger partial charge on any atom is -0.457 e. The molecule has 0 aliphatic carbocycles. The Labute approximate surface area is 227 Å². The van der Waals surface area contributed by atoms with Crippen molar-refractivity contribution >= 4 is 23.0 Å². The monoisotopic (exact) mass is 517 g/mol. The number of ether oxygens (including phenoxy) is 1. The SMILES string of the molecule is Cc1cc([C@H]2[C@@H](c3ccccn3)NC(=S)N2c2ccc(Oc3ccccc3)cc2)c(C)n1-c1ccccn1. The molecule has 0 saturated carbocycles. The Morgan fingerprint density at radius 1 is 0.789 bits per heavy atom. The standard InChI is InChI=1S/C31H27N5OS/c1-21-20-26(22(2)35(21)28-13-7-9-19-33-28)30-29(27-12-6-8-18-32-27)34-31(38)36(30)23-14-16-25(17-15-23)37-24-10-4-3-5-11-24/h3-20,29-30H,1-2H3,(H,34,38)/t29-,30+/m1/s1. The van der Waals surface area contributed by atoms with Gasteiger partial charge in [-0.15, -0.1) is 0 Å². The lowest BCUT2D eigenvalue weighted by atomic mass is 9.96. The minimum absolute atomic E-state index is 0.109. The second kappa shape index (κ2) is 10.1. The average molecular weight is 518 g/mol. The number of para-hydroxylation sites is 1. The summed E-state index contributed by atoms with van der Waals surface area (Å²) in [7, 11) is 0. The van der Waals surface area contributed by atoms with Gasteiger partial charge in [0.1, 0.15) is 17.3 Å². The Balaban J connectivity index is 1.42. The predicted molar refractivity (Wildman–Crippen MR) is 154 cm³/mol. The fraction of sp³-hybridized carbons (Fsp3) is 0.129. The molecule has 188 valence electrons. The van der Waals surface area contributed by atoms with E-state index in [0.29, 0.717) is 5.11 Å². The van der Waals surface area contributed by atoms with E-state index in [1.165, 1.54) is 5.56 Å². The Morgan fingerprint density at radius 3 is 2.16 bits per heavy atom. The van der Waals surface area contributed by atoms with Gasteiger partial charge in [0, 0.05) is 29.5 Å². The molecule has 0 spiro atoms. The molecule has 0 bridgehead atoms. The fourth-order valence-electron chi connectivity index (χ4n) is 5.17. The van der Waals surface area contributed by atoms with E-state index in [-0.39, 0.29) is 12.1 Å². The van der Waals surface area contributed by atoms with Crippen molar-refractivity contribution in [3.05, 3.63) is 132 Å². The zero-order chi connectivity index (χ0) is 26.1. The molecule has 1 fully saturated rings. The van der Waals surface area contributed by atoms with Crippen LogP contribution in [0.1, 0.15) is 34.7 Å². The van der Waals surface area contributed by atoms with E-state index in [4.69, 9.17) is 17.0 Å². The number of benzene rings is 2. The first-order chi connectivity index (χ1) is 18.6. The summed E-state index contributed by atoms with van der Waals surface area (Å²) in [4.78, 5) is 11.5. The summed E-state index contributed by atoms with van der Waals surface area (Å²) in [6.07, 6.45) is 3.65. The Kier molecular flexibility index (Phi) is 6.35. The number of nitrogens with one attached hydrogen (secondary N) is 1. The van der Waals surface area contributed by atoms with Gasteiger partial charge in [-0.25, -0.2) is 4.98 Å². The molecule has 0 radical (unpaired) electrons. The molecule has 2 atom stereocenters. The van der Waals surface area contributed by atoms with Crippen LogP contribution in [0.5, 0.6) is 11.5 Å². The highest BCUT2D eigenvalue weighted by Gasteiger charge is 2.42. The van der Waals surface area contributed by atoms with Gasteiger partial charge < -0.3 is 19.5 Å². The molecule has 38 heavy (non-hydrogen) atoms. The van der Waals surface area contributed by atoms with Crippen LogP contribution < -0.4 is 15.0 Å². The number of hydrogen-bond acceptors (Lipinski definition) is 4. The van der Waals surface area contributed by atoms with Crippen LogP contribution in [0.2, 0.25) is 0 Å². The van der Waals surface area contributed by atoms with Crippen LogP contribution in [-0.2, 0) is 0 Å². The Bertz CT molecular complexity index is 1550. The van der Waals surface area contributed by atoms with Crippen LogP contribution in [0.25, 0.3) is 5.82 Å². The van der Waals surface area contributed by atoms with E-state index in [2.05, 4.69) is 56.8 Å². The lowest BCUT2D eigenvalue weighted by Gasteiger charge is -2.28. The maximum Gasteiger partial charge on any atom is 0.174 e. The summed E-state index contributed by atoms with van der Waals surface area (Å²) in [6.45, 7) is 4.25. The molecule has 1 aliphatic rings. The van der Waals surface area contributed by atoms with Gasteiger partial charge in [-0.2, -0.15) is 0 Å². The van der Waals surface area contributed by atoms with E-state index in [1.807, 2.05) is 91.3 Å². The highest BCUT2D eigenvalue weighted by Crippen LogP contribution is 2.44. The van der Waals surface area contributed by atoms with Gasteiger partial charge in [-0.05, 0) is 98.4 Å². The Hall–Kier alpha value is -4.49. The van der Waals surface area contributed by atoms with Gasteiger partial charge >= 0.3 is 0 Å². The lowest BCUT2D eigenvalue weighted by Crippen LogP contribution is -2.29. The smallest absolute Gasteiger partial charge is 0.174 e. The molecule has 4 heterocycles. The van der Waals surface area contributed by atoms with Gasteiger partial charge in [0.2, 0.25) is 0 Å². The average Bonchev–Trinajstić information content (AvgIpc) is 3.45. The van der Waals surface area contributed by atoms with Crippen LogP contribution in [-0.4, -0.2) is 19.6 Å². The second-order valence-electron chi connectivity index (χ2n) is 9.26. The van der Waals surface area contributed by atoms with Crippen molar-refractivity contribution in [2.75, 3.05) is 4.90 Å². The van der Waals surface area contributed by atoms with Crippen molar-refractivity contribution < 1.29 is 4.74 Å². The number of aryl methyl sites for hydroxylation is 1. The number of rotatable bonds is 6. The minimum atomic E-state index is -0.123. The molecule has 6 nitrogen and oxygen atoms in total. The van der Waals surface area contributed by atoms with E-state index < -0.39 is 0 Å². The van der Waals surface area contributed by atoms with Crippen molar-refractivity contribution in [3.8, 4) is 17.3 Å². The maximum absolute atomic E-state index is 6.02. The van der Waals surface area contributed by atoms with Crippen LogP contribution in [0.4, 0.5) is 5.69 Å². The van der Waals surface area contributed by atoms with E-state index >= 15 is 0 Å². The van der Waals surface area contributed by atoms with Crippen molar-refractivity contribution in [1.29, 1.82) is 0 Å². The van der Waals surface area contributed by atoms with Crippen LogP contribution in [0, 0.1) is 13.8 Å². The molecule has 6 rings (SSSR count). The molecule has 1 saturated heterocycles. The third kappa shape index (κ3) is 4.41. The van der Waals surface area contributed by atoms with Crippen LogP contribution in [0.3, 0.4) is 0 Å². The maximum atomic E-state index is 6.02. The number of thiocarbonyl (C=S) groups is 1. The van der Waals surface area contributed by atoms with Crippen LogP contribution >= 0.6 is 12.2 Å². The molecule has 0 amide bonds. The summed E-state index contributed by atoms with van der Waals surface area (Å²) in [5.41, 5.74) is 5.32.